The summed E-state index contributed by atoms with van der Waals surface area (Å²) in [7, 11) is 3.07. The van der Waals surface area contributed by atoms with Gasteiger partial charge in [-0.1, -0.05) is 18.2 Å². The predicted molar refractivity (Wildman–Crippen MR) is 117 cm³/mol. The molecule has 0 aliphatic carbocycles. The van der Waals surface area contributed by atoms with Gasteiger partial charge in [-0.2, -0.15) is 0 Å². The number of amides is 3. The molecule has 1 fully saturated rings. The van der Waals surface area contributed by atoms with Crippen LogP contribution in [0.15, 0.2) is 42.5 Å². The standard InChI is InChI=1S/C23H29FN4O3/c1-17(29)28-12-10-27(11-13-28)16-18-4-7-20(8-5-18)25-23(30)26(2)15-19-6-9-22(31-3)21(24)14-19/h4-9,14H,10-13,15-16H2,1-3H3,(H,25,30). The van der Waals surface area contributed by atoms with Crippen molar-refractivity contribution in [3.05, 3.63) is 59.4 Å². The highest BCUT2D eigenvalue weighted by Crippen LogP contribution is 2.19. The molecular weight excluding hydrogens is 399 g/mol. The second kappa shape index (κ2) is 10.3. The lowest BCUT2D eigenvalue weighted by atomic mass is 10.1. The molecule has 3 amide bonds. The number of hydrogen-bond acceptors (Lipinski definition) is 4. The van der Waals surface area contributed by atoms with Crippen molar-refractivity contribution in [1.29, 1.82) is 0 Å². The summed E-state index contributed by atoms with van der Waals surface area (Å²) in [6, 6.07) is 12.1. The number of piperazine rings is 1. The number of halogens is 1. The monoisotopic (exact) mass is 428 g/mol. The van der Waals surface area contributed by atoms with E-state index in [1.165, 1.54) is 18.1 Å². The molecule has 2 aromatic carbocycles. The fraction of sp³-hybridized carbons (Fsp3) is 0.391. The van der Waals surface area contributed by atoms with Crippen molar-refractivity contribution < 1.29 is 18.7 Å². The Labute approximate surface area is 182 Å². The molecule has 2 aromatic rings. The number of carbonyl (C=O) groups excluding carboxylic acids is 2. The van der Waals surface area contributed by atoms with E-state index in [4.69, 9.17) is 4.74 Å². The van der Waals surface area contributed by atoms with Crippen LogP contribution in [-0.2, 0) is 17.9 Å². The number of nitrogens with one attached hydrogen (secondary N) is 1. The van der Waals surface area contributed by atoms with Crippen molar-refractivity contribution in [3.8, 4) is 5.75 Å². The van der Waals surface area contributed by atoms with Crippen molar-refractivity contribution >= 4 is 17.6 Å². The highest BCUT2D eigenvalue weighted by molar-refractivity contribution is 5.89. The molecule has 1 aliphatic heterocycles. The van der Waals surface area contributed by atoms with E-state index >= 15 is 0 Å². The minimum absolute atomic E-state index is 0.127. The van der Waals surface area contributed by atoms with Gasteiger partial charge in [0, 0.05) is 58.9 Å². The van der Waals surface area contributed by atoms with E-state index in [9.17, 15) is 14.0 Å². The van der Waals surface area contributed by atoms with Gasteiger partial charge in [-0.3, -0.25) is 9.69 Å². The van der Waals surface area contributed by atoms with Crippen LogP contribution >= 0.6 is 0 Å². The molecule has 8 heteroatoms. The molecule has 3 rings (SSSR count). The molecule has 1 aliphatic rings. The first-order valence-electron chi connectivity index (χ1n) is 10.3. The molecule has 7 nitrogen and oxygen atoms in total. The minimum atomic E-state index is -0.452. The number of benzene rings is 2. The first-order chi connectivity index (χ1) is 14.9. The van der Waals surface area contributed by atoms with Gasteiger partial charge < -0.3 is 19.9 Å². The largest absolute Gasteiger partial charge is 0.494 e. The highest BCUT2D eigenvalue weighted by Gasteiger charge is 2.18. The van der Waals surface area contributed by atoms with E-state index in [1.807, 2.05) is 29.2 Å². The number of anilines is 1. The SMILES string of the molecule is COc1ccc(CN(C)C(=O)Nc2ccc(CN3CCN(C(C)=O)CC3)cc2)cc1F. The maximum absolute atomic E-state index is 13.8. The number of ether oxygens (including phenoxy) is 1. The third-order valence-electron chi connectivity index (χ3n) is 5.41. The molecule has 0 bridgehead atoms. The summed E-state index contributed by atoms with van der Waals surface area (Å²) in [5, 5.41) is 2.86. The first kappa shape index (κ1) is 22.6. The fourth-order valence-corrected chi connectivity index (χ4v) is 3.55. The smallest absolute Gasteiger partial charge is 0.321 e. The molecule has 0 saturated carbocycles. The molecule has 1 saturated heterocycles. The molecule has 0 unspecified atom stereocenters. The molecule has 0 atom stereocenters. The Hall–Kier alpha value is -3.13. The molecule has 0 radical (unpaired) electrons. The van der Waals surface area contributed by atoms with E-state index in [1.54, 1.807) is 26.1 Å². The van der Waals surface area contributed by atoms with Gasteiger partial charge in [0.05, 0.1) is 7.11 Å². The van der Waals surface area contributed by atoms with Crippen molar-refractivity contribution in [1.82, 2.24) is 14.7 Å². The van der Waals surface area contributed by atoms with Crippen LogP contribution in [0, 0.1) is 5.82 Å². The van der Waals surface area contributed by atoms with Crippen LogP contribution in [0.1, 0.15) is 18.1 Å². The van der Waals surface area contributed by atoms with Gasteiger partial charge in [0.2, 0.25) is 5.91 Å². The topological polar surface area (TPSA) is 65.1 Å². The lowest BCUT2D eigenvalue weighted by Crippen LogP contribution is -2.47. The van der Waals surface area contributed by atoms with Crippen LogP contribution in [0.5, 0.6) is 5.75 Å². The zero-order valence-corrected chi connectivity index (χ0v) is 18.2. The van der Waals surface area contributed by atoms with Gasteiger partial charge in [0.1, 0.15) is 0 Å². The van der Waals surface area contributed by atoms with E-state index in [2.05, 4.69) is 10.2 Å². The average Bonchev–Trinajstić information content (AvgIpc) is 2.75. The Balaban J connectivity index is 1.49. The summed E-state index contributed by atoms with van der Waals surface area (Å²) >= 11 is 0. The maximum Gasteiger partial charge on any atom is 0.321 e. The normalized spacial score (nSPS) is 14.3. The summed E-state index contributed by atoms with van der Waals surface area (Å²) in [6.45, 7) is 5.92. The van der Waals surface area contributed by atoms with Gasteiger partial charge in [-0.15, -0.1) is 0 Å². The molecule has 0 spiro atoms. The Morgan fingerprint density at radius 1 is 1.06 bits per heavy atom. The maximum atomic E-state index is 13.8. The van der Waals surface area contributed by atoms with Crippen LogP contribution in [0.3, 0.4) is 0 Å². The zero-order valence-electron chi connectivity index (χ0n) is 18.2. The lowest BCUT2D eigenvalue weighted by Gasteiger charge is -2.34. The van der Waals surface area contributed by atoms with Crippen LogP contribution in [0.4, 0.5) is 14.9 Å². The number of methoxy groups -OCH3 is 1. The number of rotatable bonds is 6. The quantitative estimate of drug-likeness (QED) is 0.768. The molecule has 1 heterocycles. The summed E-state index contributed by atoms with van der Waals surface area (Å²) in [5.41, 5.74) is 2.52. The highest BCUT2D eigenvalue weighted by atomic mass is 19.1. The predicted octanol–water partition coefficient (Wildman–Crippen LogP) is 3.16. The van der Waals surface area contributed by atoms with Crippen molar-refractivity contribution in [3.63, 3.8) is 0 Å². The Morgan fingerprint density at radius 2 is 1.71 bits per heavy atom. The van der Waals surface area contributed by atoms with Crippen LogP contribution in [0.2, 0.25) is 0 Å². The summed E-state index contributed by atoms with van der Waals surface area (Å²) in [6.07, 6.45) is 0. The summed E-state index contributed by atoms with van der Waals surface area (Å²) in [4.78, 5) is 29.6. The molecule has 31 heavy (non-hydrogen) atoms. The minimum Gasteiger partial charge on any atom is -0.494 e. The second-order valence-corrected chi connectivity index (χ2v) is 7.73. The van der Waals surface area contributed by atoms with E-state index in [0.29, 0.717) is 11.3 Å². The molecule has 166 valence electrons. The fourth-order valence-electron chi connectivity index (χ4n) is 3.55. The number of nitrogens with zero attached hydrogens (tertiary/aromatic N) is 3. The van der Waals surface area contributed by atoms with Gasteiger partial charge in [0.15, 0.2) is 11.6 Å². The Bertz CT molecular complexity index is 912. The summed E-state index contributed by atoms with van der Waals surface area (Å²) < 4.78 is 18.8. The number of hydrogen-bond donors (Lipinski definition) is 1. The summed E-state index contributed by atoms with van der Waals surface area (Å²) in [5.74, 6) is -0.148. The van der Waals surface area contributed by atoms with E-state index in [-0.39, 0.29) is 24.2 Å². The van der Waals surface area contributed by atoms with Crippen molar-refractivity contribution in [2.45, 2.75) is 20.0 Å². The number of urea groups is 1. The average molecular weight is 429 g/mol. The molecular formula is C23H29FN4O3. The van der Waals surface area contributed by atoms with Gasteiger partial charge >= 0.3 is 6.03 Å². The van der Waals surface area contributed by atoms with Crippen LogP contribution in [-0.4, -0.2) is 67.0 Å². The third-order valence-corrected chi connectivity index (χ3v) is 5.41. The van der Waals surface area contributed by atoms with E-state index in [0.717, 1.165) is 38.3 Å². The van der Waals surface area contributed by atoms with E-state index < -0.39 is 5.82 Å². The van der Waals surface area contributed by atoms with Gasteiger partial charge in [-0.25, -0.2) is 9.18 Å². The third kappa shape index (κ3) is 6.18. The zero-order chi connectivity index (χ0) is 22.4. The molecule has 0 aromatic heterocycles. The van der Waals surface area contributed by atoms with Gasteiger partial charge in [-0.05, 0) is 35.4 Å². The lowest BCUT2D eigenvalue weighted by molar-refractivity contribution is -0.130. The molecule has 1 N–H and O–H groups in total. The van der Waals surface area contributed by atoms with Crippen molar-refractivity contribution in [2.75, 3.05) is 45.7 Å². The van der Waals surface area contributed by atoms with Gasteiger partial charge in [0.25, 0.3) is 0 Å². The van der Waals surface area contributed by atoms with Crippen LogP contribution in [0.25, 0.3) is 0 Å². The Morgan fingerprint density at radius 3 is 2.29 bits per heavy atom. The Kier molecular flexibility index (Phi) is 7.46. The van der Waals surface area contributed by atoms with Crippen LogP contribution < -0.4 is 10.1 Å². The number of carbonyl (C=O) groups is 2. The second-order valence-electron chi connectivity index (χ2n) is 7.73. The van der Waals surface area contributed by atoms with Crippen molar-refractivity contribution in [2.24, 2.45) is 0 Å². The first-order valence-corrected chi connectivity index (χ1v) is 10.3.